The minimum Gasteiger partial charge on any atom is -0.310 e. The summed E-state index contributed by atoms with van der Waals surface area (Å²) in [6, 6.07) is 43.6. The quantitative estimate of drug-likeness (QED) is 0.248. The summed E-state index contributed by atoms with van der Waals surface area (Å²) in [6.45, 7) is 4.28. The maximum Gasteiger partial charge on any atom is 0.0742 e. The van der Waals surface area contributed by atoms with Crippen molar-refractivity contribution in [3.63, 3.8) is 0 Å². The first-order chi connectivity index (χ1) is 17.1. The number of benzene rings is 5. The van der Waals surface area contributed by atoms with Crippen LogP contribution in [0, 0.1) is 13.8 Å². The standard InChI is InChI=1S/C33H26ClN/c1-23-12-16-25(17-13-23)33(26-18-14-24(2)15-19-26)29-10-6-7-11-31(29)35(28-8-4-3-5-9-28)32-21-20-27(34)22-30(32)33/h3-22H,1-2H3. The Morgan fingerprint density at radius 2 is 1.09 bits per heavy atom. The minimum atomic E-state index is -0.510. The fraction of sp³-hybridized carbons (Fsp3) is 0.0909. The van der Waals surface area contributed by atoms with Crippen LogP contribution in [0.25, 0.3) is 0 Å². The second kappa shape index (κ2) is 8.45. The fourth-order valence-corrected chi connectivity index (χ4v) is 5.69. The molecular formula is C33H26ClN. The minimum absolute atomic E-state index is 0.510. The Bertz CT molecular complexity index is 1460. The van der Waals surface area contributed by atoms with Gasteiger partial charge in [0.25, 0.3) is 0 Å². The van der Waals surface area contributed by atoms with Crippen molar-refractivity contribution in [3.05, 3.63) is 160 Å². The van der Waals surface area contributed by atoms with Crippen LogP contribution in [-0.2, 0) is 5.41 Å². The monoisotopic (exact) mass is 471 g/mol. The molecule has 0 spiro atoms. The largest absolute Gasteiger partial charge is 0.310 e. The van der Waals surface area contributed by atoms with Gasteiger partial charge in [0.05, 0.1) is 16.8 Å². The van der Waals surface area contributed by atoms with Gasteiger partial charge in [-0.25, -0.2) is 0 Å². The first kappa shape index (κ1) is 21.7. The maximum atomic E-state index is 6.73. The van der Waals surface area contributed by atoms with Crippen LogP contribution in [0.2, 0.25) is 5.02 Å². The van der Waals surface area contributed by atoms with Gasteiger partial charge in [-0.3, -0.25) is 0 Å². The summed E-state index contributed by atoms with van der Waals surface area (Å²) >= 11 is 6.73. The van der Waals surface area contributed by atoms with Crippen molar-refractivity contribution < 1.29 is 0 Å². The first-order valence-corrected chi connectivity index (χ1v) is 12.4. The van der Waals surface area contributed by atoms with Gasteiger partial charge in [0.1, 0.15) is 0 Å². The molecule has 1 nitrogen and oxygen atoms in total. The molecule has 5 aromatic rings. The van der Waals surface area contributed by atoms with E-state index in [0.29, 0.717) is 0 Å². The van der Waals surface area contributed by atoms with Crippen molar-refractivity contribution in [2.24, 2.45) is 0 Å². The summed E-state index contributed by atoms with van der Waals surface area (Å²) in [6.07, 6.45) is 0. The second-order valence-electron chi connectivity index (χ2n) is 9.33. The number of para-hydroxylation sites is 2. The van der Waals surface area contributed by atoms with E-state index in [-0.39, 0.29) is 0 Å². The van der Waals surface area contributed by atoms with Gasteiger partial charge in [0.15, 0.2) is 0 Å². The van der Waals surface area contributed by atoms with Crippen LogP contribution in [-0.4, -0.2) is 0 Å². The average molecular weight is 472 g/mol. The van der Waals surface area contributed by atoms with Gasteiger partial charge in [-0.15, -0.1) is 0 Å². The third-order valence-corrected chi connectivity index (χ3v) is 7.37. The van der Waals surface area contributed by atoms with Crippen molar-refractivity contribution in [1.29, 1.82) is 0 Å². The summed E-state index contributed by atoms with van der Waals surface area (Å²) in [7, 11) is 0. The third-order valence-electron chi connectivity index (χ3n) is 7.14. The Balaban J connectivity index is 1.79. The number of nitrogens with zero attached hydrogens (tertiary/aromatic N) is 1. The SMILES string of the molecule is Cc1ccc(C2(c3ccc(C)cc3)c3ccccc3N(c3ccccc3)c3ccc(Cl)cc32)cc1. The molecular weight excluding hydrogens is 446 g/mol. The van der Waals surface area contributed by atoms with Gasteiger partial charge >= 0.3 is 0 Å². The van der Waals surface area contributed by atoms with Crippen molar-refractivity contribution in [2.45, 2.75) is 19.3 Å². The highest BCUT2D eigenvalue weighted by Crippen LogP contribution is 2.57. The zero-order chi connectivity index (χ0) is 24.0. The molecule has 1 heterocycles. The first-order valence-electron chi connectivity index (χ1n) is 12.0. The van der Waals surface area contributed by atoms with E-state index in [1.165, 1.54) is 39.1 Å². The highest BCUT2D eigenvalue weighted by Gasteiger charge is 2.46. The van der Waals surface area contributed by atoms with Crippen LogP contribution >= 0.6 is 11.6 Å². The lowest BCUT2D eigenvalue weighted by atomic mass is 9.62. The highest BCUT2D eigenvalue weighted by molar-refractivity contribution is 6.30. The molecule has 1 aliphatic rings. The Morgan fingerprint density at radius 3 is 1.71 bits per heavy atom. The summed E-state index contributed by atoms with van der Waals surface area (Å²) in [5.74, 6) is 0. The van der Waals surface area contributed by atoms with Gasteiger partial charge in [0.2, 0.25) is 0 Å². The zero-order valence-corrected chi connectivity index (χ0v) is 20.6. The molecule has 0 aliphatic carbocycles. The van der Waals surface area contributed by atoms with Crippen LogP contribution in [0.3, 0.4) is 0 Å². The lowest BCUT2D eigenvalue weighted by molar-refractivity contribution is 0.730. The second-order valence-corrected chi connectivity index (χ2v) is 9.77. The lowest BCUT2D eigenvalue weighted by Gasteiger charge is -2.46. The number of fused-ring (bicyclic) bond motifs is 2. The van der Waals surface area contributed by atoms with Crippen LogP contribution in [0.4, 0.5) is 17.1 Å². The zero-order valence-electron chi connectivity index (χ0n) is 19.9. The molecule has 0 bridgehead atoms. The molecule has 5 aromatic carbocycles. The van der Waals surface area contributed by atoms with Gasteiger partial charge in [-0.2, -0.15) is 0 Å². The van der Waals surface area contributed by atoms with E-state index in [1.54, 1.807) is 0 Å². The Hall–Kier alpha value is -3.81. The number of hydrogen-bond acceptors (Lipinski definition) is 1. The van der Waals surface area contributed by atoms with Crippen molar-refractivity contribution >= 4 is 28.7 Å². The molecule has 1 aliphatic heterocycles. The molecule has 0 N–H and O–H groups in total. The van der Waals surface area contributed by atoms with Crippen LogP contribution in [0.15, 0.2) is 121 Å². The highest BCUT2D eigenvalue weighted by atomic mass is 35.5. The summed E-state index contributed by atoms with van der Waals surface area (Å²) in [5, 5.41) is 0.736. The summed E-state index contributed by atoms with van der Waals surface area (Å²) in [5.41, 5.74) is 10.3. The molecule has 0 unspecified atom stereocenters. The molecule has 2 heteroatoms. The number of hydrogen-bond donors (Lipinski definition) is 0. The maximum absolute atomic E-state index is 6.73. The lowest BCUT2D eigenvalue weighted by Crippen LogP contribution is -2.37. The third kappa shape index (κ3) is 3.38. The van der Waals surface area contributed by atoms with Crippen LogP contribution < -0.4 is 4.90 Å². The Kier molecular flexibility index (Phi) is 5.24. The predicted octanol–water partition coefficient (Wildman–Crippen LogP) is 9.12. The normalized spacial score (nSPS) is 13.7. The average Bonchev–Trinajstić information content (AvgIpc) is 2.89. The van der Waals surface area contributed by atoms with Gasteiger partial charge in [0, 0.05) is 10.7 Å². The number of halogens is 1. The van der Waals surface area contributed by atoms with Gasteiger partial charge in [-0.1, -0.05) is 108 Å². The molecule has 0 saturated carbocycles. The number of aryl methyl sites for hydroxylation is 2. The summed E-state index contributed by atoms with van der Waals surface area (Å²) < 4.78 is 0. The van der Waals surface area contributed by atoms with E-state index < -0.39 is 5.41 Å². The molecule has 0 radical (unpaired) electrons. The molecule has 35 heavy (non-hydrogen) atoms. The molecule has 0 aromatic heterocycles. The van der Waals surface area contributed by atoms with E-state index in [0.717, 1.165) is 16.4 Å². The summed E-state index contributed by atoms with van der Waals surface area (Å²) in [4.78, 5) is 2.36. The molecule has 0 saturated heterocycles. The van der Waals surface area contributed by atoms with Crippen LogP contribution in [0.5, 0.6) is 0 Å². The van der Waals surface area contributed by atoms with Crippen molar-refractivity contribution in [2.75, 3.05) is 4.90 Å². The smallest absolute Gasteiger partial charge is 0.0742 e. The molecule has 170 valence electrons. The predicted molar refractivity (Wildman–Crippen MR) is 147 cm³/mol. The molecule has 6 rings (SSSR count). The van der Waals surface area contributed by atoms with Crippen LogP contribution in [0.1, 0.15) is 33.4 Å². The number of rotatable bonds is 3. The Labute approximate surface area is 212 Å². The van der Waals surface area contributed by atoms with E-state index in [4.69, 9.17) is 11.6 Å². The van der Waals surface area contributed by atoms with Gasteiger partial charge in [-0.05, 0) is 72.5 Å². The van der Waals surface area contributed by atoms with E-state index in [2.05, 4.69) is 134 Å². The van der Waals surface area contributed by atoms with Gasteiger partial charge < -0.3 is 4.90 Å². The fourth-order valence-electron chi connectivity index (χ4n) is 5.52. The number of anilines is 3. The van der Waals surface area contributed by atoms with Crippen molar-refractivity contribution in [3.8, 4) is 0 Å². The van der Waals surface area contributed by atoms with E-state index >= 15 is 0 Å². The van der Waals surface area contributed by atoms with E-state index in [1.807, 2.05) is 6.07 Å². The Morgan fingerprint density at radius 1 is 0.543 bits per heavy atom. The molecule has 0 amide bonds. The molecule has 0 fully saturated rings. The topological polar surface area (TPSA) is 3.24 Å². The van der Waals surface area contributed by atoms with Crippen molar-refractivity contribution in [1.82, 2.24) is 0 Å². The molecule has 0 atom stereocenters. The van der Waals surface area contributed by atoms with E-state index in [9.17, 15) is 0 Å².